The maximum atomic E-state index is 13.4. The van der Waals surface area contributed by atoms with Gasteiger partial charge < -0.3 is 0 Å². The molecular formula is C23H21Cl2N3O3S. The Kier molecular flexibility index (Phi) is 7.56. The lowest BCUT2D eigenvalue weighted by molar-refractivity contribution is -0.119. The minimum absolute atomic E-state index is 0.0884. The second-order valence-corrected chi connectivity index (χ2v) is 9.72. The largest absolute Gasteiger partial charge is 0.271 e. The third-order valence-electron chi connectivity index (χ3n) is 4.66. The van der Waals surface area contributed by atoms with E-state index in [9.17, 15) is 13.2 Å². The average molecular weight is 490 g/mol. The molecule has 32 heavy (non-hydrogen) atoms. The number of carbonyl (C=O) groups excluding carboxylic acids is 1. The summed E-state index contributed by atoms with van der Waals surface area (Å²) in [5.74, 6) is -0.622. The van der Waals surface area contributed by atoms with Gasteiger partial charge in [0.2, 0.25) is 0 Å². The smallest absolute Gasteiger partial charge is 0.264 e. The molecule has 166 valence electrons. The SMILES string of the molecule is Cc1ccc(S(=O)(=O)N(CC(=O)N/N=C/c2c(Cl)cccc2Cl)c2ccccc2C)cc1. The van der Waals surface area contributed by atoms with Gasteiger partial charge in [0.15, 0.2) is 0 Å². The number of para-hydroxylation sites is 1. The second-order valence-electron chi connectivity index (χ2n) is 7.04. The van der Waals surface area contributed by atoms with Crippen LogP contribution in [-0.4, -0.2) is 27.1 Å². The lowest BCUT2D eigenvalue weighted by Crippen LogP contribution is -2.40. The van der Waals surface area contributed by atoms with E-state index in [0.29, 0.717) is 26.9 Å². The number of carbonyl (C=O) groups is 1. The number of anilines is 1. The number of hydrogen-bond acceptors (Lipinski definition) is 4. The number of hydrogen-bond donors (Lipinski definition) is 1. The fraction of sp³-hybridized carbons (Fsp3) is 0.130. The molecule has 0 aliphatic rings. The van der Waals surface area contributed by atoms with E-state index in [4.69, 9.17) is 23.2 Å². The number of hydrazone groups is 1. The van der Waals surface area contributed by atoms with Gasteiger partial charge in [-0.05, 0) is 49.7 Å². The minimum Gasteiger partial charge on any atom is -0.271 e. The molecule has 3 aromatic rings. The highest BCUT2D eigenvalue weighted by Crippen LogP contribution is 2.27. The Morgan fingerprint density at radius 1 is 0.969 bits per heavy atom. The summed E-state index contributed by atoms with van der Waals surface area (Å²) in [7, 11) is -4.00. The zero-order valence-corrected chi connectivity index (χ0v) is 19.7. The van der Waals surface area contributed by atoms with E-state index in [1.54, 1.807) is 61.5 Å². The van der Waals surface area contributed by atoms with Crippen LogP contribution in [0.3, 0.4) is 0 Å². The van der Waals surface area contributed by atoms with Crippen molar-refractivity contribution in [2.75, 3.05) is 10.8 Å². The van der Waals surface area contributed by atoms with Crippen LogP contribution < -0.4 is 9.73 Å². The predicted octanol–water partition coefficient (Wildman–Crippen LogP) is 4.96. The van der Waals surface area contributed by atoms with Crippen LogP contribution in [0.5, 0.6) is 0 Å². The lowest BCUT2D eigenvalue weighted by atomic mass is 10.2. The highest BCUT2D eigenvalue weighted by Gasteiger charge is 2.28. The fourth-order valence-electron chi connectivity index (χ4n) is 2.95. The summed E-state index contributed by atoms with van der Waals surface area (Å²) in [6, 6.07) is 18.4. The van der Waals surface area contributed by atoms with E-state index in [-0.39, 0.29) is 4.90 Å². The molecule has 0 heterocycles. The normalized spacial score (nSPS) is 11.5. The Morgan fingerprint density at radius 2 is 1.59 bits per heavy atom. The Bertz CT molecular complexity index is 1240. The fourth-order valence-corrected chi connectivity index (χ4v) is 4.93. The molecule has 0 radical (unpaired) electrons. The molecule has 0 saturated carbocycles. The van der Waals surface area contributed by atoms with Crippen molar-refractivity contribution in [3.8, 4) is 0 Å². The van der Waals surface area contributed by atoms with E-state index < -0.39 is 22.5 Å². The molecule has 0 aliphatic carbocycles. The molecule has 0 atom stereocenters. The summed E-state index contributed by atoms with van der Waals surface area (Å²) in [6.45, 7) is 3.18. The van der Waals surface area contributed by atoms with Crippen molar-refractivity contribution in [1.82, 2.24) is 5.43 Å². The molecule has 0 saturated heterocycles. The molecule has 0 bridgehead atoms. The monoisotopic (exact) mass is 489 g/mol. The molecule has 0 unspecified atom stereocenters. The first kappa shape index (κ1) is 23.8. The van der Waals surface area contributed by atoms with Crippen LogP contribution in [0.15, 0.2) is 76.7 Å². The van der Waals surface area contributed by atoms with Crippen LogP contribution in [-0.2, 0) is 14.8 Å². The Labute approximate surface area is 197 Å². The van der Waals surface area contributed by atoms with Crippen molar-refractivity contribution >= 4 is 51.0 Å². The molecule has 3 aromatic carbocycles. The topological polar surface area (TPSA) is 78.8 Å². The standard InChI is InChI=1S/C23H21Cl2N3O3S/c1-16-10-12-18(13-11-16)32(30,31)28(22-9-4-3-6-17(22)2)15-23(29)27-26-14-19-20(24)7-5-8-21(19)25/h3-14H,15H2,1-2H3,(H,27,29)/b26-14+. The van der Waals surface area contributed by atoms with E-state index in [0.717, 1.165) is 9.87 Å². The average Bonchev–Trinajstić information content (AvgIpc) is 2.75. The molecule has 0 aromatic heterocycles. The summed E-state index contributed by atoms with van der Waals surface area (Å²) in [5, 5.41) is 4.63. The van der Waals surface area contributed by atoms with Gasteiger partial charge in [0.25, 0.3) is 15.9 Å². The number of benzene rings is 3. The Hall–Kier alpha value is -2.87. The van der Waals surface area contributed by atoms with Gasteiger partial charge in [0, 0.05) is 5.56 Å². The van der Waals surface area contributed by atoms with Crippen molar-refractivity contribution < 1.29 is 13.2 Å². The maximum absolute atomic E-state index is 13.4. The molecule has 3 rings (SSSR count). The molecule has 0 aliphatic heterocycles. The third-order valence-corrected chi connectivity index (χ3v) is 7.10. The molecule has 6 nitrogen and oxygen atoms in total. The molecule has 0 spiro atoms. The molecule has 0 fully saturated rings. The van der Waals surface area contributed by atoms with Crippen LogP contribution in [0.25, 0.3) is 0 Å². The van der Waals surface area contributed by atoms with Gasteiger partial charge in [-0.3, -0.25) is 9.10 Å². The quantitative estimate of drug-likeness (QED) is 0.376. The molecule has 9 heteroatoms. The van der Waals surface area contributed by atoms with Crippen LogP contribution >= 0.6 is 23.2 Å². The number of nitrogens with one attached hydrogen (secondary N) is 1. The van der Waals surface area contributed by atoms with Gasteiger partial charge >= 0.3 is 0 Å². The van der Waals surface area contributed by atoms with Crippen molar-refractivity contribution in [3.05, 3.63) is 93.5 Å². The second kappa shape index (κ2) is 10.2. The van der Waals surface area contributed by atoms with Crippen molar-refractivity contribution in [3.63, 3.8) is 0 Å². The van der Waals surface area contributed by atoms with E-state index in [2.05, 4.69) is 10.5 Å². The minimum atomic E-state index is -4.00. The highest BCUT2D eigenvalue weighted by molar-refractivity contribution is 7.92. The first-order valence-electron chi connectivity index (χ1n) is 9.61. The Morgan fingerprint density at radius 3 is 2.22 bits per heavy atom. The van der Waals surface area contributed by atoms with Gasteiger partial charge in [-0.25, -0.2) is 13.8 Å². The molecular weight excluding hydrogens is 469 g/mol. The van der Waals surface area contributed by atoms with Crippen LogP contribution in [0.2, 0.25) is 10.0 Å². The summed E-state index contributed by atoms with van der Waals surface area (Å²) < 4.78 is 27.8. The van der Waals surface area contributed by atoms with E-state index >= 15 is 0 Å². The van der Waals surface area contributed by atoms with Crippen LogP contribution in [0.4, 0.5) is 5.69 Å². The summed E-state index contributed by atoms with van der Waals surface area (Å²) in [4.78, 5) is 12.7. The number of nitrogens with zero attached hydrogens (tertiary/aromatic N) is 2. The van der Waals surface area contributed by atoms with Gasteiger partial charge in [-0.1, -0.05) is 65.2 Å². The highest BCUT2D eigenvalue weighted by atomic mass is 35.5. The van der Waals surface area contributed by atoms with Gasteiger partial charge in [0.1, 0.15) is 6.54 Å². The maximum Gasteiger partial charge on any atom is 0.264 e. The number of halogens is 2. The van der Waals surface area contributed by atoms with Crippen molar-refractivity contribution in [1.29, 1.82) is 0 Å². The number of aryl methyl sites for hydroxylation is 2. The Balaban J connectivity index is 1.88. The van der Waals surface area contributed by atoms with Crippen LogP contribution in [0, 0.1) is 13.8 Å². The third kappa shape index (κ3) is 5.48. The summed E-state index contributed by atoms with van der Waals surface area (Å²) in [6.07, 6.45) is 1.31. The predicted molar refractivity (Wildman–Crippen MR) is 129 cm³/mol. The zero-order valence-electron chi connectivity index (χ0n) is 17.4. The van der Waals surface area contributed by atoms with Crippen LogP contribution in [0.1, 0.15) is 16.7 Å². The number of sulfonamides is 1. The number of amides is 1. The summed E-state index contributed by atoms with van der Waals surface area (Å²) in [5.41, 5.74) is 4.83. The van der Waals surface area contributed by atoms with E-state index in [1.807, 2.05) is 6.92 Å². The summed E-state index contributed by atoms with van der Waals surface area (Å²) >= 11 is 12.2. The van der Waals surface area contributed by atoms with Crippen molar-refractivity contribution in [2.45, 2.75) is 18.7 Å². The lowest BCUT2D eigenvalue weighted by Gasteiger charge is -2.25. The van der Waals surface area contributed by atoms with Gasteiger partial charge in [-0.15, -0.1) is 0 Å². The number of rotatable bonds is 7. The molecule has 1 N–H and O–H groups in total. The zero-order chi connectivity index (χ0) is 23.3. The first-order chi connectivity index (χ1) is 15.2. The van der Waals surface area contributed by atoms with E-state index in [1.165, 1.54) is 18.3 Å². The molecule has 1 amide bonds. The van der Waals surface area contributed by atoms with Crippen molar-refractivity contribution in [2.24, 2.45) is 5.10 Å². The first-order valence-corrected chi connectivity index (χ1v) is 11.8. The van der Waals surface area contributed by atoms with Gasteiger partial charge in [-0.2, -0.15) is 5.10 Å². The van der Waals surface area contributed by atoms with Gasteiger partial charge in [0.05, 0.1) is 26.8 Å².